The van der Waals surface area contributed by atoms with Crippen molar-refractivity contribution in [3.63, 3.8) is 0 Å². The standard InChI is InChI=1S/C5H8BrO/c6-3-5-1-2-7-4-5/h3,5H,1-2,4H2. The van der Waals surface area contributed by atoms with Gasteiger partial charge in [-0.2, -0.15) is 0 Å². The molecule has 1 fully saturated rings. The summed E-state index contributed by atoms with van der Waals surface area (Å²) in [6.07, 6.45) is 1.19. The molecular weight excluding hydrogens is 156 g/mol. The average Bonchev–Trinajstić information content (AvgIpc) is 2.14. The Hall–Kier alpha value is 0.440. The molecule has 1 radical (unpaired) electrons. The van der Waals surface area contributed by atoms with Crippen LogP contribution in [0.1, 0.15) is 6.42 Å². The normalized spacial score (nSPS) is 31.3. The minimum absolute atomic E-state index is 0.667. The highest BCUT2D eigenvalue weighted by atomic mass is 79.9. The molecule has 7 heavy (non-hydrogen) atoms. The van der Waals surface area contributed by atoms with Gasteiger partial charge in [-0.25, -0.2) is 0 Å². The van der Waals surface area contributed by atoms with Gasteiger partial charge < -0.3 is 4.74 Å². The van der Waals surface area contributed by atoms with E-state index in [0.29, 0.717) is 5.92 Å². The lowest BCUT2D eigenvalue weighted by Crippen LogP contribution is -1.93. The Bertz CT molecular complexity index is 50.0. The summed E-state index contributed by atoms with van der Waals surface area (Å²) in [5, 5.41) is 2.03. The van der Waals surface area contributed by atoms with Gasteiger partial charge in [0, 0.05) is 11.9 Å². The Labute approximate surface area is 52.2 Å². The van der Waals surface area contributed by atoms with Crippen molar-refractivity contribution in [3.05, 3.63) is 5.33 Å². The van der Waals surface area contributed by atoms with Crippen molar-refractivity contribution in [2.24, 2.45) is 5.92 Å². The van der Waals surface area contributed by atoms with Crippen LogP contribution in [0, 0.1) is 11.2 Å². The lowest BCUT2D eigenvalue weighted by atomic mass is 10.2. The summed E-state index contributed by atoms with van der Waals surface area (Å²) in [5.74, 6) is 0.667. The van der Waals surface area contributed by atoms with E-state index in [9.17, 15) is 0 Å². The Balaban J connectivity index is 2.14. The molecule has 1 heterocycles. The van der Waals surface area contributed by atoms with Crippen molar-refractivity contribution in [1.82, 2.24) is 0 Å². The molecule has 0 saturated carbocycles. The van der Waals surface area contributed by atoms with E-state index < -0.39 is 0 Å². The van der Waals surface area contributed by atoms with Crippen molar-refractivity contribution in [2.45, 2.75) is 6.42 Å². The lowest BCUT2D eigenvalue weighted by Gasteiger charge is -1.95. The molecular formula is C5H8BrO. The van der Waals surface area contributed by atoms with E-state index in [-0.39, 0.29) is 0 Å². The van der Waals surface area contributed by atoms with Crippen molar-refractivity contribution in [1.29, 1.82) is 0 Å². The van der Waals surface area contributed by atoms with Gasteiger partial charge in [0.2, 0.25) is 0 Å². The van der Waals surface area contributed by atoms with Crippen LogP contribution in [0.2, 0.25) is 0 Å². The average molecular weight is 164 g/mol. The van der Waals surface area contributed by atoms with Crippen molar-refractivity contribution in [3.8, 4) is 0 Å². The summed E-state index contributed by atoms with van der Waals surface area (Å²) in [7, 11) is 0. The van der Waals surface area contributed by atoms with Gasteiger partial charge in [0.25, 0.3) is 0 Å². The number of hydrogen-bond donors (Lipinski definition) is 0. The first-order chi connectivity index (χ1) is 3.43. The van der Waals surface area contributed by atoms with Crippen LogP contribution in [0.5, 0.6) is 0 Å². The zero-order valence-corrected chi connectivity index (χ0v) is 5.65. The van der Waals surface area contributed by atoms with Gasteiger partial charge >= 0.3 is 0 Å². The molecule has 0 aromatic carbocycles. The summed E-state index contributed by atoms with van der Waals surface area (Å²) in [4.78, 5) is 0. The second kappa shape index (κ2) is 2.68. The van der Waals surface area contributed by atoms with Crippen molar-refractivity contribution >= 4 is 15.9 Å². The van der Waals surface area contributed by atoms with Crippen LogP contribution >= 0.6 is 15.9 Å². The zero-order chi connectivity index (χ0) is 5.11. The van der Waals surface area contributed by atoms with E-state index in [1.165, 1.54) is 6.42 Å². The molecule has 1 unspecified atom stereocenters. The van der Waals surface area contributed by atoms with E-state index in [1.807, 2.05) is 5.33 Å². The van der Waals surface area contributed by atoms with Crippen molar-refractivity contribution < 1.29 is 4.74 Å². The van der Waals surface area contributed by atoms with E-state index >= 15 is 0 Å². The molecule has 0 aliphatic carbocycles. The Morgan fingerprint density at radius 2 is 2.57 bits per heavy atom. The van der Waals surface area contributed by atoms with Crippen LogP contribution in [0.3, 0.4) is 0 Å². The maximum absolute atomic E-state index is 5.09. The molecule has 0 amide bonds. The summed E-state index contributed by atoms with van der Waals surface area (Å²) < 4.78 is 5.09. The van der Waals surface area contributed by atoms with Gasteiger partial charge in [-0.1, -0.05) is 15.9 Å². The van der Waals surface area contributed by atoms with Gasteiger partial charge in [0.1, 0.15) is 0 Å². The molecule has 0 N–H and O–H groups in total. The Morgan fingerprint density at radius 3 is 2.86 bits per heavy atom. The maximum atomic E-state index is 5.09. The van der Waals surface area contributed by atoms with Gasteiger partial charge in [-0.3, -0.25) is 0 Å². The third-order valence-electron chi connectivity index (χ3n) is 1.14. The van der Waals surface area contributed by atoms with Gasteiger partial charge in [0.15, 0.2) is 0 Å². The Morgan fingerprint density at radius 1 is 1.71 bits per heavy atom. The fraction of sp³-hybridized carbons (Fsp3) is 0.800. The molecule has 1 atom stereocenters. The Kier molecular flexibility index (Phi) is 2.13. The van der Waals surface area contributed by atoms with E-state index in [4.69, 9.17) is 4.74 Å². The fourth-order valence-electron chi connectivity index (χ4n) is 0.652. The van der Waals surface area contributed by atoms with Gasteiger partial charge in [0.05, 0.1) is 6.61 Å². The highest BCUT2D eigenvalue weighted by molar-refractivity contribution is 9.10. The lowest BCUT2D eigenvalue weighted by molar-refractivity contribution is 0.191. The SMILES string of the molecule is Br[CH]C1CCOC1. The van der Waals surface area contributed by atoms with Crippen LogP contribution in [-0.2, 0) is 4.74 Å². The highest BCUT2D eigenvalue weighted by Gasteiger charge is 2.12. The molecule has 0 spiro atoms. The first-order valence-electron chi connectivity index (χ1n) is 2.45. The predicted molar refractivity (Wildman–Crippen MR) is 32.2 cm³/mol. The molecule has 1 aliphatic rings. The van der Waals surface area contributed by atoms with E-state index in [1.54, 1.807) is 0 Å². The van der Waals surface area contributed by atoms with E-state index in [2.05, 4.69) is 15.9 Å². The fourth-order valence-corrected chi connectivity index (χ4v) is 1.07. The second-order valence-corrected chi connectivity index (χ2v) is 2.28. The second-order valence-electron chi connectivity index (χ2n) is 1.75. The molecule has 0 aromatic rings. The predicted octanol–water partition coefficient (Wildman–Crippen LogP) is 1.58. The van der Waals surface area contributed by atoms with Gasteiger partial charge in [-0.05, 0) is 12.3 Å². The molecule has 1 nitrogen and oxygen atoms in total. The van der Waals surface area contributed by atoms with Gasteiger partial charge in [-0.15, -0.1) is 0 Å². The molecule has 2 heteroatoms. The molecule has 1 saturated heterocycles. The molecule has 41 valence electrons. The summed E-state index contributed by atoms with van der Waals surface area (Å²) in [6, 6.07) is 0. The summed E-state index contributed by atoms with van der Waals surface area (Å²) >= 11 is 3.27. The minimum Gasteiger partial charge on any atom is -0.381 e. The van der Waals surface area contributed by atoms with Crippen molar-refractivity contribution in [2.75, 3.05) is 13.2 Å². The van der Waals surface area contributed by atoms with Crippen LogP contribution in [0.4, 0.5) is 0 Å². The smallest absolute Gasteiger partial charge is 0.0506 e. The van der Waals surface area contributed by atoms with E-state index in [0.717, 1.165) is 13.2 Å². The maximum Gasteiger partial charge on any atom is 0.0506 e. The van der Waals surface area contributed by atoms with Crippen LogP contribution < -0.4 is 0 Å². The number of rotatable bonds is 1. The molecule has 1 aliphatic heterocycles. The van der Waals surface area contributed by atoms with Crippen LogP contribution in [0.15, 0.2) is 0 Å². The number of ether oxygens (including phenoxy) is 1. The largest absolute Gasteiger partial charge is 0.381 e. The molecule has 1 rings (SSSR count). The molecule has 0 bridgehead atoms. The zero-order valence-electron chi connectivity index (χ0n) is 4.06. The number of hydrogen-bond acceptors (Lipinski definition) is 1. The highest BCUT2D eigenvalue weighted by Crippen LogP contribution is 2.17. The summed E-state index contributed by atoms with van der Waals surface area (Å²) in [6.45, 7) is 1.85. The molecule has 0 aromatic heterocycles. The number of halogens is 1. The van der Waals surface area contributed by atoms with Crippen LogP contribution in [-0.4, -0.2) is 13.2 Å². The monoisotopic (exact) mass is 163 g/mol. The quantitative estimate of drug-likeness (QED) is 0.571. The topological polar surface area (TPSA) is 9.23 Å². The first-order valence-corrected chi connectivity index (χ1v) is 3.36. The first kappa shape index (κ1) is 5.57. The van der Waals surface area contributed by atoms with Crippen LogP contribution in [0.25, 0.3) is 0 Å². The third-order valence-corrected chi connectivity index (χ3v) is 1.89. The minimum atomic E-state index is 0.667. The summed E-state index contributed by atoms with van der Waals surface area (Å²) in [5.41, 5.74) is 0. The third kappa shape index (κ3) is 1.42.